The predicted molar refractivity (Wildman–Crippen MR) is 72.3 cm³/mol. The van der Waals surface area contributed by atoms with Crippen molar-refractivity contribution in [1.29, 1.82) is 0 Å². The van der Waals surface area contributed by atoms with Gasteiger partial charge in [0.25, 0.3) is 0 Å². The third kappa shape index (κ3) is 3.51. The number of hydrogen-bond acceptors (Lipinski definition) is 3. The van der Waals surface area contributed by atoms with Crippen molar-refractivity contribution in [1.82, 2.24) is 4.98 Å². The molecule has 0 radical (unpaired) electrons. The van der Waals surface area contributed by atoms with Crippen LogP contribution in [0.3, 0.4) is 0 Å². The molecule has 4 heteroatoms. The maximum absolute atomic E-state index is 12.9. The molecule has 3 nitrogen and oxygen atoms in total. The minimum absolute atomic E-state index is 0.167. The summed E-state index contributed by atoms with van der Waals surface area (Å²) >= 11 is 0. The molecular formula is C15H17FN2O. The molecule has 0 amide bonds. The van der Waals surface area contributed by atoms with E-state index in [9.17, 15) is 4.39 Å². The largest absolute Gasteiger partial charge is 0.482 e. The van der Waals surface area contributed by atoms with Gasteiger partial charge in [0, 0.05) is 12.2 Å². The second-order valence-electron chi connectivity index (χ2n) is 4.32. The molecule has 0 bridgehead atoms. The Bertz CT molecular complexity index is 501. The van der Waals surface area contributed by atoms with Gasteiger partial charge in [-0.2, -0.15) is 0 Å². The zero-order valence-corrected chi connectivity index (χ0v) is 10.8. The first kappa shape index (κ1) is 13.5. The molecule has 0 saturated carbocycles. The standard InChI is InChI=1S/C15H17FN2O/c1-2-13(17)15(14-5-3-4-10-18-14)19-12-8-6-11(16)7-9-12/h3-10,13,15H,2,17H2,1H3. The first-order chi connectivity index (χ1) is 9.20. The molecule has 0 saturated heterocycles. The van der Waals surface area contributed by atoms with E-state index >= 15 is 0 Å². The first-order valence-corrected chi connectivity index (χ1v) is 6.29. The predicted octanol–water partition coefficient (Wildman–Crippen LogP) is 3.08. The van der Waals surface area contributed by atoms with Crippen LogP contribution in [0, 0.1) is 5.82 Å². The monoisotopic (exact) mass is 260 g/mol. The van der Waals surface area contributed by atoms with E-state index in [2.05, 4.69) is 4.98 Å². The lowest BCUT2D eigenvalue weighted by Crippen LogP contribution is -2.32. The second-order valence-corrected chi connectivity index (χ2v) is 4.32. The number of nitrogens with zero attached hydrogens (tertiary/aromatic N) is 1. The number of nitrogens with two attached hydrogens (primary N) is 1. The molecule has 1 heterocycles. The summed E-state index contributed by atoms with van der Waals surface area (Å²) in [4.78, 5) is 4.28. The van der Waals surface area contributed by atoms with Gasteiger partial charge < -0.3 is 10.5 Å². The van der Waals surface area contributed by atoms with E-state index in [1.807, 2.05) is 25.1 Å². The minimum atomic E-state index is -0.336. The van der Waals surface area contributed by atoms with Crippen LogP contribution in [-0.2, 0) is 0 Å². The summed E-state index contributed by atoms with van der Waals surface area (Å²) < 4.78 is 18.7. The first-order valence-electron chi connectivity index (χ1n) is 6.29. The quantitative estimate of drug-likeness (QED) is 0.898. The van der Waals surface area contributed by atoms with Crippen molar-refractivity contribution < 1.29 is 9.13 Å². The summed E-state index contributed by atoms with van der Waals surface area (Å²) in [5.41, 5.74) is 6.87. The van der Waals surface area contributed by atoms with Crippen LogP contribution in [-0.4, -0.2) is 11.0 Å². The molecule has 1 aromatic carbocycles. The molecule has 0 aliphatic carbocycles. The Morgan fingerprint density at radius 3 is 2.53 bits per heavy atom. The highest BCUT2D eigenvalue weighted by Crippen LogP contribution is 2.24. The van der Waals surface area contributed by atoms with Gasteiger partial charge in [-0.3, -0.25) is 4.98 Å². The van der Waals surface area contributed by atoms with Crippen molar-refractivity contribution in [3.8, 4) is 5.75 Å². The van der Waals surface area contributed by atoms with Crippen LogP contribution in [0.5, 0.6) is 5.75 Å². The van der Waals surface area contributed by atoms with E-state index < -0.39 is 0 Å². The summed E-state index contributed by atoms with van der Waals surface area (Å²) in [7, 11) is 0. The number of benzene rings is 1. The molecule has 19 heavy (non-hydrogen) atoms. The molecule has 0 aliphatic rings. The molecule has 2 aromatic rings. The van der Waals surface area contributed by atoms with Crippen molar-refractivity contribution in [3.63, 3.8) is 0 Å². The fraction of sp³-hybridized carbons (Fsp3) is 0.267. The van der Waals surface area contributed by atoms with E-state index in [0.29, 0.717) is 5.75 Å². The lowest BCUT2D eigenvalue weighted by Gasteiger charge is -2.23. The summed E-state index contributed by atoms with van der Waals surface area (Å²) in [6.45, 7) is 1.99. The normalized spacial score (nSPS) is 13.8. The average molecular weight is 260 g/mol. The van der Waals surface area contributed by atoms with Crippen LogP contribution < -0.4 is 10.5 Å². The topological polar surface area (TPSA) is 48.1 Å². The van der Waals surface area contributed by atoms with Gasteiger partial charge in [-0.25, -0.2) is 4.39 Å². The van der Waals surface area contributed by atoms with Crippen LogP contribution in [0.15, 0.2) is 48.7 Å². The number of halogens is 1. The lowest BCUT2D eigenvalue weighted by molar-refractivity contribution is 0.166. The smallest absolute Gasteiger partial charge is 0.155 e. The Morgan fingerprint density at radius 2 is 1.95 bits per heavy atom. The van der Waals surface area contributed by atoms with Crippen LogP contribution >= 0.6 is 0 Å². The Morgan fingerprint density at radius 1 is 1.21 bits per heavy atom. The maximum atomic E-state index is 12.9. The van der Waals surface area contributed by atoms with E-state index in [1.54, 1.807) is 18.3 Å². The molecule has 100 valence electrons. The van der Waals surface area contributed by atoms with Crippen molar-refractivity contribution in [3.05, 3.63) is 60.2 Å². The third-order valence-corrected chi connectivity index (χ3v) is 2.92. The number of rotatable bonds is 5. The van der Waals surface area contributed by atoms with Crippen LogP contribution in [0.25, 0.3) is 0 Å². The SMILES string of the molecule is CCC(N)C(Oc1ccc(F)cc1)c1ccccn1. The minimum Gasteiger partial charge on any atom is -0.482 e. The highest BCUT2D eigenvalue weighted by molar-refractivity contribution is 5.24. The van der Waals surface area contributed by atoms with Crippen LogP contribution in [0.4, 0.5) is 4.39 Å². The van der Waals surface area contributed by atoms with Crippen molar-refractivity contribution in [2.45, 2.75) is 25.5 Å². The summed E-state index contributed by atoms with van der Waals surface area (Å²) in [5, 5.41) is 0. The lowest BCUT2D eigenvalue weighted by atomic mass is 10.1. The Kier molecular flexibility index (Phi) is 4.47. The van der Waals surface area contributed by atoms with Gasteiger partial charge in [0.2, 0.25) is 0 Å². The van der Waals surface area contributed by atoms with E-state index in [1.165, 1.54) is 12.1 Å². The van der Waals surface area contributed by atoms with Crippen LogP contribution in [0.1, 0.15) is 25.1 Å². The fourth-order valence-electron chi connectivity index (χ4n) is 1.79. The van der Waals surface area contributed by atoms with Gasteiger partial charge >= 0.3 is 0 Å². The summed E-state index contributed by atoms with van der Waals surface area (Å²) in [5.74, 6) is 0.294. The number of ether oxygens (including phenoxy) is 1. The Hall–Kier alpha value is -1.94. The van der Waals surface area contributed by atoms with Crippen molar-refractivity contribution in [2.24, 2.45) is 5.73 Å². The van der Waals surface area contributed by atoms with Gasteiger partial charge in [-0.05, 0) is 42.8 Å². The van der Waals surface area contributed by atoms with Crippen LogP contribution in [0.2, 0.25) is 0 Å². The Balaban J connectivity index is 2.21. The van der Waals surface area contributed by atoms with Gasteiger partial charge in [-0.15, -0.1) is 0 Å². The van der Waals surface area contributed by atoms with Gasteiger partial charge in [0.15, 0.2) is 6.10 Å². The number of aromatic nitrogens is 1. The molecule has 1 aromatic heterocycles. The molecule has 0 fully saturated rings. The van der Waals surface area contributed by atoms with Gasteiger partial charge in [0.1, 0.15) is 11.6 Å². The van der Waals surface area contributed by atoms with Crippen molar-refractivity contribution >= 4 is 0 Å². The van der Waals surface area contributed by atoms with Gasteiger partial charge in [-0.1, -0.05) is 13.0 Å². The summed E-state index contributed by atoms with van der Waals surface area (Å²) in [6.07, 6.45) is 2.14. The summed E-state index contributed by atoms with van der Waals surface area (Å²) in [6, 6.07) is 11.4. The number of hydrogen-bond donors (Lipinski definition) is 1. The molecule has 2 atom stereocenters. The van der Waals surface area contributed by atoms with Gasteiger partial charge in [0.05, 0.1) is 5.69 Å². The van der Waals surface area contributed by atoms with E-state index in [4.69, 9.17) is 10.5 Å². The molecule has 2 N–H and O–H groups in total. The van der Waals surface area contributed by atoms with E-state index in [0.717, 1.165) is 12.1 Å². The molecule has 2 unspecified atom stereocenters. The molecular weight excluding hydrogens is 243 g/mol. The molecule has 0 spiro atoms. The zero-order chi connectivity index (χ0) is 13.7. The highest BCUT2D eigenvalue weighted by atomic mass is 19.1. The zero-order valence-electron chi connectivity index (χ0n) is 10.8. The number of pyridine rings is 1. The third-order valence-electron chi connectivity index (χ3n) is 2.92. The highest BCUT2D eigenvalue weighted by Gasteiger charge is 2.21. The maximum Gasteiger partial charge on any atom is 0.155 e. The fourth-order valence-corrected chi connectivity index (χ4v) is 1.79. The van der Waals surface area contributed by atoms with Crippen molar-refractivity contribution in [2.75, 3.05) is 0 Å². The second kappa shape index (κ2) is 6.29. The molecule has 2 rings (SSSR count). The average Bonchev–Trinajstić information content (AvgIpc) is 2.47. The Labute approximate surface area is 112 Å². The molecule has 0 aliphatic heterocycles. The van der Waals surface area contributed by atoms with E-state index in [-0.39, 0.29) is 18.0 Å².